The predicted octanol–water partition coefficient (Wildman–Crippen LogP) is 0.595. The number of hydrogen-bond acceptors (Lipinski definition) is 7. The number of nitrogens with one attached hydrogen (secondary N) is 2. The Morgan fingerprint density at radius 2 is 2.12 bits per heavy atom. The zero-order valence-electron chi connectivity index (χ0n) is 10.3. The lowest BCUT2D eigenvalue weighted by atomic mass is 10.2. The molecule has 0 aliphatic heterocycles. The lowest BCUT2D eigenvalue weighted by molar-refractivity contribution is 0.288. The molecule has 17 heavy (non-hydrogen) atoms. The first-order chi connectivity index (χ1) is 8.10. The summed E-state index contributed by atoms with van der Waals surface area (Å²) in [5.74, 6) is 7.22. The van der Waals surface area contributed by atoms with Gasteiger partial charge in [0.25, 0.3) is 0 Å². The molecule has 0 saturated heterocycles. The number of aliphatic hydroxyl groups is 1. The average molecular weight is 257 g/mol. The average Bonchev–Trinajstić information content (AvgIpc) is 2.29. The van der Waals surface area contributed by atoms with Crippen LogP contribution in [0.3, 0.4) is 0 Å². The van der Waals surface area contributed by atoms with E-state index in [1.54, 1.807) is 24.8 Å². The van der Waals surface area contributed by atoms with Gasteiger partial charge in [0, 0.05) is 17.4 Å². The van der Waals surface area contributed by atoms with Crippen molar-refractivity contribution < 1.29 is 5.11 Å². The molecule has 0 fully saturated rings. The quantitative estimate of drug-likeness (QED) is 0.437. The van der Waals surface area contributed by atoms with E-state index in [1.807, 2.05) is 13.2 Å². The molecule has 6 nitrogen and oxygen atoms in total. The molecule has 2 atom stereocenters. The third-order valence-electron chi connectivity index (χ3n) is 2.40. The summed E-state index contributed by atoms with van der Waals surface area (Å²) < 4.78 is 0. The van der Waals surface area contributed by atoms with Gasteiger partial charge in [-0.2, -0.15) is 11.8 Å². The van der Waals surface area contributed by atoms with E-state index in [9.17, 15) is 5.11 Å². The van der Waals surface area contributed by atoms with Gasteiger partial charge in [-0.3, -0.25) is 0 Å². The highest BCUT2D eigenvalue weighted by Crippen LogP contribution is 2.16. The smallest absolute Gasteiger partial charge is 0.145 e. The number of hydrogen-bond donors (Lipinski definition) is 4. The van der Waals surface area contributed by atoms with Gasteiger partial charge in [0.2, 0.25) is 0 Å². The van der Waals surface area contributed by atoms with Crippen LogP contribution in [0.15, 0.2) is 6.07 Å². The van der Waals surface area contributed by atoms with Crippen molar-refractivity contribution in [1.82, 2.24) is 9.97 Å². The van der Waals surface area contributed by atoms with Gasteiger partial charge in [-0.25, -0.2) is 15.8 Å². The molecule has 1 heterocycles. The minimum absolute atomic E-state index is 0.106. The van der Waals surface area contributed by atoms with Crippen LogP contribution in [-0.4, -0.2) is 39.2 Å². The van der Waals surface area contributed by atoms with Crippen molar-refractivity contribution in [1.29, 1.82) is 0 Å². The zero-order chi connectivity index (χ0) is 12.8. The minimum atomic E-state index is 0.106. The van der Waals surface area contributed by atoms with Gasteiger partial charge >= 0.3 is 0 Å². The Hall–Kier alpha value is -1.05. The molecular weight excluding hydrogens is 238 g/mol. The van der Waals surface area contributed by atoms with Crippen LogP contribution in [0.5, 0.6) is 0 Å². The first kappa shape index (κ1) is 14.0. The second kappa shape index (κ2) is 6.63. The Labute approximate surface area is 105 Å². The highest BCUT2D eigenvalue weighted by Gasteiger charge is 2.15. The molecule has 1 aromatic rings. The molecule has 0 saturated carbocycles. The van der Waals surface area contributed by atoms with Gasteiger partial charge < -0.3 is 15.8 Å². The maximum absolute atomic E-state index is 9.20. The molecule has 0 spiro atoms. The predicted molar refractivity (Wildman–Crippen MR) is 72.1 cm³/mol. The number of thioether (sulfide) groups is 1. The Bertz CT molecular complexity index is 359. The van der Waals surface area contributed by atoms with Crippen LogP contribution in [0.25, 0.3) is 0 Å². The van der Waals surface area contributed by atoms with Crippen LogP contribution >= 0.6 is 11.8 Å². The van der Waals surface area contributed by atoms with Crippen LogP contribution < -0.4 is 16.6 Å². The van der Waals surface area contributed by atoms with E-state index in [-0.39, 0.29) is 17.9 Å². The van der Waals surface area contributed by atoms with E-state index in [1.165, 1.54) is 0 Å². The van der Waals surface area contributed by atoms with Gasteiger partial charge in [0.05, 0.1) is 6.61 Å². The molecule has 0 bridgehead atoms. The Morgan fingerprint density at radius 3 is 2.65 bits per heavy atom. The molecule has 2 unspecified atom stereocenters. The van der Waals surface area contributed by atoms with E-state index in [0.29, 0.717) is 17.5 Å². The summed E-state index contributed by atoms with van der Waals surface area (Å²) in [4.78, 5) is 8.37. The van der Waals surface area contributed by atoms with Gasteiger partial charge in [0.15, 0.2) is 0 Å². The number of aryl methyl sites for hydroxylation is 1. The Balaban J connectivity index is 2.76. The fourth-order valence-electron chi connectivity index (χ4n) is 1.48. The Kier molecular flexibility index (Phi) is 5.46. The van der Waals surface area contributed by atoms with Crippen LogP contribution in [-0.2, 0) is 0 Å². The number of hydrazine groups is 1. The number of rotatable bonds is 6. The third-order valence-corrected chi connectivity index (χ3v) is 3.56. The van der Waals surface area contributed by atoms with E-state index >= 15 is 0 Å². The summed E-state index contributed by atoms with van der Waals surface area (Å²) in [5, 5.41) is 12.6. The monoisotopic (exact) mass is 257 g/mol. The SMILES string of the molecule is CSC(CO)C(C)Nc1cc(NN)nc(C)n1. The molecule has 0 aliphatic rings. The van der Waals surface area contributed by atoms with Crippen molar-refractivity contribution in [2.75, 3.05) is 23.6 Å². The normalized spacial score (nSPS) is 14.2. The standard InChI is InChI=1S/C10H19N5OS/c1-6(8(5-16)17-3)12-9-4-10(15-11)14-7(2)13-9/h4,6,8,16H,5,11H2,1-3H3,(H2,12,13,14,15). The number of nitrogens with zero attached hydrogens (tertiary/aromatic N) is 2. The van der Waals surface area contributed by atoms with Crippen LogP contribution in [0.4, 0.5) is 11.6 Å². The number of aromatic nitrogens is 2. The van der Waals surface area contributed by atoms with E-state index in [2.05, 4.69) is 20.7 Å². The molecule has 96 valence electrons. The fourth-order valence-corrected chi connectivity index (χ4v) is 2.10. The zero-order valence-corrected chi connectivity index (χ0v) is 11.1. The van der Waals surface area contributed by atoms with Crippen LogP contribution in [0, 0.1) is 6.92 Å². The minimum Gasteiger partial charge on any atom is -0.395 e. The molecule has 7 heteroatoms. The summed E-state index contributed by atoms with van der Waals surface area (Å²) in [6.07, 6.45) is 1.97. The van der Waals surface area contributed by atoms with Crippen molar-refractivity contribution in [3.63, 3.8) is 0 Å². The summed E-state index contributed by atoms with van der Waals surface area (Å²) in [6, 6.07) is 1.84. The first-order valence-corrected chi connectivity index (χ1v) is 6.62. The van der Waals surface area contributed by atoms with Gasteiger partial charge in [-0.05, 0) is 20.1 Å². The summed E-state index contributed by atoms with van der Waals surface area (Å²) in [7, 11) is 0. The molecule has 1 rings (SSSR count). The highest BCUT2D eigenvalue weighted by molar-refractivity contribution is 7.99. The van der Waals surface area contributed by atoms with Crippen LogP contribution in [0.1, 0.15) is 12.7 Å². The lowest BCUT2D eigenvalue weighted by Gasteiger charge is -2.22. The molecular formula is C10H19N5OS. The Morgan fingerprint density at radius 1 is 1.47 bits per heavy atom. The second-order valence-corrected chi connectivity index (χ2v) is 4.80. The fraction of sp³-hybridized carbons (Fsp3) is 0.600. The van der Waals surface area contributed by atoms with E-state index in [4.69, 9.17) is 5.84 Å². The van der Waals surface area contributed by atoms with Crippen molar-refractivity contribution in [2.45, 2.75) is 25.1 Å². The second-order valence-electron chi connectivity index (χ2n) is 3.72. The highest BCUT2D eigenvalue weighted by atomic mass is 32.2. The largest absolute Gasteiger partial charge is 0.395 e. The third kappa shape index (κ3) is 4.03. The topological polar surface area (TPSA) is 96.1 Å². The lowest BCUT2D eigenvalue weighted by Crippen LogP contribution is -2.31. The molecule has 0 amide bonds. The van der Waals surface area contributed by atoms with Crippen LogP contribution in [0.2, 0.25) is 0 Å². The number of anilines is 2. The first-order valence-electron chi connectivity index (χ1n) is 5.33. The number of nitrogen functional groups attached to an aromatic ring is 1. The molecule has 0 aromatic carbocycles. The number of nitrogens with two attached hydrogens (primary N) is 1. The van der Waals surface area contributed by atoms with Crippen molar-refractivity contribution in [2.24, 2.45) is 5.84 Å². The molecule has 0 radical (unpaired) electrons. The number of aliphatic hydroxyl groups excluding tert-OH is 1. The van der Waals surface area contributed by atoms with Gasteiger partial charge in [-0.1, -0.05) is 0 Å². The van der Waals surface area contributed by atoms with Crippen molar-refractivity contribution in [3.8, 4) is 0 Å². The van der Waals surface area contributed by atoms with E-state index in [0.717, 1.165) is 0 Å². The molecule has 1 aromatic heterocycles. The summed E-state index contributed by atoms with van der Waals surface area (Å²) >= 11 is 1.62. The molecule has 0 aliphatic carbocycles. The van der Waals surface area contributed by atoms with E-state index < -0.39 is 0 Å². The van der Waals surface area contributed by atoms with Crippen molar-refractivity contribution in [3.05, 3.63) is 11.9 Å². The molecule has 5 N–H and O–H groups in total. The van der Waals surface area contributed by atoms with Crippen molar-refractivity contribution >= 4 is 23.4 Å². The van der Waals surface area contributed by atoms with Gasteiger partial charge in [0.1, 0.15) is 17.5 Å². The summed E-state index contributed by atoms with van der Waals surface area (Å²) in [5.41, 5.74) is 2.49. The van der Waals surface area contributed by atoms with Gasteiger partial charge in [-0.15, -0.1) is 0 Å². The maximum atomic E-state index is 9.20. The maximum Gasteiger partial charge on any atom is 0.145 e. The summed E-state index contributed by atoms with van der Waals surface area (Å²) in [6.45, 7) is 3.93.